The van der Waals surface area contributed by atoms with E-state index in [1.807, 2.05) is 6.07 Å². The van der Waals surface area contributed by atoms with Crippen LogP contribution >= 0.6 is 22.9 Å². The van der Waals surface area contributed by atoms with Crippen molar-refractivity contribution in [3.05, 3.63) is 17.3 Å². The highest BCUT2D eigenvalue weighted by Gasteiger charge is 2.01. The van der Waals surface area contributed by atoms with Crippen LogP contribution < -0.4 is 5.73 Å². The van der Waals surface area contributed by atoms with Crippen molar-refractivity contribution in [2.45, 2.75) is 0 Å². The quantitative estimate of drug-likeness (QED) is 0.638. The molecule has 0 unspecified atom stereocenters. The number of nitrogens with two attached hydrogens (primary N) is 1. The Morgan fingerprint density at radius 2 is 2.18 bits per heavy atom. The summed E-state index contributed by atoms with van der Waals surface area (Å²) in [7, 11) is 0. The Hall–Kier alpha value is -0.870. The summed E-state index contributed by atoms with van der Waals surface area (Å²) in [5.74, 6) is 0. The molecule has 2 rings (SSSR count). The highest BCUT2D eigenvalue weighted by molar-refractivity contribution is 7.21. The molecule has 0 saturated heterocycles. The summed E-state index contributed by atoms with van der Waals surface area (Å²) in [6, 6.07) is 3.58. The molecule has 0 aromatic carbocycles. The van der Waals surface area contributed by atoms with Crippen LogP contribution in [0.3, 0.4) is 0 Å². The lowest BCUT2D eigenvalue weighted by atomic mass is 10.5. The van der Waals surface area contributed by atoms with Gasteiger partial charge in [0.2, 0.25) is 0 Å². The number of rotatable bonds is 0. The third-order valence-electron chi connectivity index (χ3n) is 1.24. The molecule has 2 aromatic rings. The van der Waals surface area contributed by atoms with Gasteiger partial charge in [0.15, 0.2) is 10.8 Å². The van der Waals surface area contributed by atoms with Crippen LogP contribution in [-0.2, 0) is 0 Å². The average Bonchev–Trinajstić information content (AvgIpc) is 2.27. The molecule has 0 radical (unpaired) electrons. The van der Waals surface area contributed by atoms with E-state index in [4.69, 9.17) is 17.3 Å². The summed E-state index contributed by atoms with van der Waals surface area (Å²) in [5.41, 5.74) is 6.09. The fourth-order valence-electron chi connectivity index (χ4n) is 0.812. The minimum atomic E-state index is 0.447. The number of hydrogen-bond acceptors (Lipinski definition) is 4. The van der Waals surface area contributed by atoms with Gasteiger partial charge in [0.25, 0.3) is 0 Å². The second-order valence-electron chi connectivity index (χ2n) is 2.01. The molecular formula is C6H4ClN3S. The predicted molar refractivity (Wildman–Crippen MR) is 46.8 cm³/mol. The van der Waals surface area contributed by atoms with E-state index in [-0.39, 0.29) is 0 Å². The maximum absolute atomic E-state index is 5.64. The van der Waals surface area contributed by atoms with Gasteiger partial charge in [-0.15, -0.1) is 0 Å². The molecule has 2 aromatic heterocycles. The van der Waals surface area contributed by atoms with Gasteiger partial charge in [0.05, 0.1) is 4.70 Å². The Bertz CT molecular complexity index is 398. The van der Waals surface area contributed by atoms with Gasteiger partial charge in [0.1, 0.15) is 5.15 Å². The molecule has 5 heteroatoms. The standard InChI is InChI=1S/C6H4ClN3S/c7-4-2-1-3-5(9-4)10-6(8)11-3/h1-2H,(H2,8,9,10). The van der Waals surface area contributed by atoms with Gasteiger partial charge in [-0.3, -0.25) is 0 Å². The maximum atomic E-state index is 5.64. The molecule has 56 valence electrons. The van der Waals surface area contributed by atoms with E-state index in [1.54, 1.807) is 6.07 Å². The van der Waals surface area contributed by atoms with Crippen molar-refractivity contribution in [3.63, 3.8) is 0 Å². The van der Waals surface area contributed by atoms with Crippen LogP contribution in [0.25, 0.3) is 10.3 Å². The fourth-order valence-corrected chi connectivity index (χ4v) is 1.63. The largest absolute Gasteiger partial charge is 0.375 e. The molecule has 0 aliphatic carbocycles. The number of thiazole rings is 1. The molecule has 2 N–H and O–H groups in total. The van der Waals surface area contributed by atoms with Crippen molar-refractivity contribution in [2.75, 3.05) is 5.73 Å². The molecule has 0 atom stereocenters. The zero-order valence-corrected chi connectivity index (χ0v) is 6.99. The van der Waals surface area contributed by atoms with Gasteiger partial charge in [-0.05, 0) is 12.1 Å². The van der Waals surface area contributed by atoms with E-state index in [9.17, 15) is 0 Å². The highest BCUT2D eigenvalue weighted by Crippen LogP contribution is 2.22. The van der Waals surface area contributed by atoms with Crippen LogP contribution in [-0.4, -0.2) is 9.97 Å². The first-order valence-corrected chi connectivity index (χ1v) is 4.14. The zero-order valence-electron chi connectivity index (χ0n) is 5.41. The van der Waals surface area contributed by atoms with Crippen molar-refractivity contribution < 1.29 is 0 Å². The number of nitrogen functional groups attached to an aromatic ring is 1. The first kappa shape index (κ1) is 6.82. The number of aromatic nitrogens is 2. The Labute approximate surface area is 71.8 Å². The Balaban J connectivity index is 2.82. The second-order valence-corrected chi connectivity index (χ2v) is 3.46. The summed E-state index contributed by atoms with van der Waals surface area (Å²) in [5, 5.41) is 0.970. The van der Waals surface area contributed by atoms with E-state index in [2.05, 4.69) is 9.97 Å². The summed E-state index contributed by atoms with van der Waals surface area (Å²) in [6.45, 7) is 0. The molecular weight excluding hydrogens is 182 g/mol. The molecule has 0 bridgehead atoms. The van der Waals surface area contributed by atoms with Gasteiger partial charge in [-0.25, -0.2) is 9.97 Å². The van der Waals surface area contributed by atoms with Crippen molar-refractivity contribution in [3.8, 4) is 0 Å². The van der Waals surface area contributed by atoms with E-state index < -0.39 is 0 Å². The van der Waals surface area contributed by atoms with Gasteiger partial charge in [-0.2, -0.15) is 0 Å². The van der Waals surface area contributed by atoms with Crippen LogP contribution in [0.4, 0.5) is 5.13 Å². The SMILES string of the molecule is Nc1nc2nc(Cl)ccc2s1. The molecule has 0 fully saturated rings. The zero-order chi connectivity index (χ0) is 7.84. The third kappa shape index (κ3) is 1.15. The number of fused-ring (bicyclic) bond motifs is 1. The molecule has 0 amide bonds. The van der Waals surface area contributed by atoms with Crippen molar-refractivity contribution in [1.82, 2.24) is 9.97 Å². The van der Waals surface area contributed by atoms with Gasteiger partial charge < -0.3 is 5.73 Å². The molecule has 11 heavy (non-hydrogen) atoms. The van der Waals surface area contributed by atoms with E-state index in [1.165, 1.54) is 11.3 Å². The molecule has 3 nitrogen and oxygen atoms in total. The highest BCUT2D eigenvalue weighted by atomic mass is 35.5. The number of halogens is 1. The van der Waals surface area contributed by atoms with Crippen molar-refractivity contribution in [2.24, 2.45) is 0 Å². The van der Waals surface area contributed by atoms with Crippen molar-refractivity contribution >= 4 is 38.4 Å². The maximum Gasteiger partial charge on any atom is 0.182 e. The van der Waals surface area contributed by atoms with E-state index in [0.29, 0.717) is 15.9 Å². The average molecular weight is 186 g/mol. The summed E-state index contributed by atoms with van der Waals surface area (Å²) >= 11 is 7.05. The smallest absolute Gasteiger partial charge is 0.182 e. The minimum absolute atomic E-state index is 0.447. The monoisotopic (exact) mass is 185 g/mol. The van der Waals surface area contributed by atoms with Crippen LogP contribution in [0.1, 0.15) is 0 Å². The van der Waals surface area contributed by atoms with Crippen molar-refractivity contribution in [1.29, 1.82) is 0 Å². The number of hydrogen-bond donors (Lipinski definition) is 1. The van der Waals surface area contributed by atoms with Gasteiger partial charge >= 0.3 is 0 Å². The third-order valence-corrected chi connectivity index (χ3v) is 2.29. The van der Waals surface area contributed by atoms with Crippen LogP contribution in [0.2, 0.25) is 5.15 Å². The van der Waals surface area contributed by atoms with Gasteiger partial charge in [-0.1, -0.05) is 22.9 Å². The molecule has 2 heterocycles. The summed E-state index contributed by atoms with van der Waals surface area (Å²) in [6.07, 6.45) is 0. The number of nitrogens with zero attached hydrogens (tertiary/aromatic N) is 2. The molecule has 0 aliphatic heterocycles. The lowest BCUT2D eigenvalue weighted by molar-refractivity contribution is 1.33. The van der Waals surface area contributed by atoms with Crippen LogP contribution in [0.5, 0.6) is 0 Å². The first-order valence-electron chi connectivity index (χ1n) is 2.94. The Morgan fingerprint density at radius 3 is 3.00 bits per heavy atom. The molecule has 0 aliphatic rings. The topological polar surface area (TPSA) is 51.8 Å². The van der Waals surface area contributed by atoms with Crippen LogP contribution in [0, 0.1) is 0 Å². The predicted octanol–water partition coefficient (Wildman–Crippen LogP) is 1.93. The number of pyridine rings is 1. The minimum Gasteiger partial charge on any atom is -0.375 e. The molecule has 0 saturated carbocycles. The summed E-state index contributed by atoms with van der Waals surface area (Å²) in [4.78, 5) is 7.96. The fraction of sp³-hybridized carbons (Fsp3) is 0. The number of anilines is 1. The lowest BCUT2D eigenvalue weighted by Gasteiger charge is -1.85. The Morgan fingerprint density at radius 1 is 1.36 bits per heavy atom. The molecule has 0 spiro atoms. The Kier molecular flexibility index (Phi) is 1.44. The second kappa shape index (κ2) is 2.32. The lowest BCUT2D eigenvalue weighted by Crippen LogP contribution is -1.81. The summed E-state index contributed by atoms with van der Waals surface area (Å²) < 4.78 is 0.965. The van der Waals surface area contributed by atoms with E-state index in [0.717, 1.165) is 4.70 Å². The first-order chi connectivity index (χ1) is 5.25. The van der Waals surface area contributed by atoms with Gasteiger partial charge in [0, 0.05) is 0 Å². The normalized spacial score (nSPS) is 10.6. The van der Waals surface area contributed by atoms with Crippen LogP contribution in [0.15, 0.2) is 12.1 Å². The van der Waals surface area contributed by atoms with E-state index >= 15 is 0 Å².